The molecule has 2 heterocycles. The van der Waals surface area contributed by atoms with Crippen LogP contribution in [0.1, 0.15) is 74.8 Å². The van der Waals surface area contributed by atoms with Gasteiger partial charge in [0.1, 0.15) is 11.7 Å². The zero-order valence-electron chi connectivity index (χ0n) is 22.1. The van der Waals surface area contributed by atoms with Gasteiger partial charge in [-0.25, -0.2) is 0 Å². The number of aromatic amines is 1. The van der Waals surface area contributed by atoms with Crippen LogP contribution in [0.15, 0.2) is 36.5 Å². The maximum Gasteiger partial charge on any atom is 0.270 e. The summed E-state index contributed by atoms with van der Waals surface area (Å²) < 4.78 is 1.72. The van der Waals surface area contributed by atoms with Crippen molar-refractivity contribution in [3.05, 3.63) is 53.6 Å². The molecule has 37 heavy (non-hydrogen) atoms. The Morgan fingerprint density at radius 3 is 2.32 bits per heavy atom. The van der Waals surface area contributed by atoms with Crippen molar-refractivity contribution in [1.29, 1.82) is 0 Å². The highest BCUT2D eigenvalue weighted by atomic mass is 16.2. The Morgan fingerprint density at radius 1 is 1.03 bits per heavy atom. The zero-order chi connectivity index (χ0) is 25.9. The molecule has 2 saturated carbocycles. The molecule has 8 nitrogen and oxygen atoms in total. The number of hydrogen-bond acceptors (Lipinski definition) is 4. The summed E-state index contributed by atoms with van der Waals surface area (Å²) in [5.41, 5.74) is 5.65. The van der Waals surface area contributed by atoms with Crippen LogP contribution < -0.4 is 10.6 Å². The highest BCUT2D eigenvalue weighted by Gasteiger charge is 2.48. The van der Waals surface area contributed by atoms with Gasteiger partial charge in [0.25, 0.3) is 5.91 Å². The standard InChI is InChI=1S/C29H38N6O2/c1-4-17-35-24(15-16-30-35)28(36)32-27(25(18-7-8-18)19-9-10-19)29(37)31-21-13-11-20(12-14-21)26-22(5-2)33-34-23(26)6-3/h11-16,18-19,25,27H,4-10,17H2,1-3H3,(H,31,37)(H,32,36)(H,33,34). The number of rotatable bonds is 12. The summed E-state index contributed by atoms with van der Waals surface area (Å²) >= 11 is 0. The summed E-state index contributed by atoms with van der Waals surface area (Å²) in [4.78, 5) is 27.0. The van der Waals surface area contributed by atoms with Crippen LogP contribution in [0.25, 0.3) is 11.1 Å². The molecule has 0 spiro atoms. The van der Waals surface area contributed by atoms with Gasteiger partial charge in [-0.1, -0.05) is 32.9 Å². The average molecular weight is 503 g/mol. The minimum absolute atomic E-state index is 0.140. The Bertz CT molecular complexity index is 1200. The SMILES string of the molecule is CCCn1nccc1C(=O)NC(C(=O)Nc1ccc(-c2c(CC)n[nH]c2CC)cc1)C(C1CC1)C1CC1. The molecule has 1 atom stereocenters. The molecular formula is C29H38N6O2. The topological polar surface area (TPSA) is 105 Å². The summed E-state index contributed by atoms with van der Waals surface area (Å²) in [5.74, 6) is 0.820. The molecule has 3 aromatic rings. The summed E-state index contributed by atoms with van der Waals surface area (Å²) in [6.45, 7) is 6.95. The number of amides is 2. The molecule has 8 heteroatoms. The first-order valence-electron chi connectivity index (χ1n) is 13.8. The third kappa shape index (κ3) is 5.48. The van der Waals surface area contributed by atoms with Gasteiger partial charge >= 0.3 is 0 Å². The molecular weight excluding hydrogens is 464 g/mol. The van der Waals surface area contributed by atoms with E-state index in [1.165, 1.54) is 0 Å². The lowest BCUT2D eigenvalue weighted by Gasteiger charge is -2.27. The van der Waals surface area contributed by atoms with E-state index in [4.69, 9.17) is 0 Å². The Kier molecular flexibility index (Phi) is 7.44. The number of aryl methyl sites for hydroxylation is 3. The van der Waals surface area contributed by atoms with E-state index in [9.17, 15) is 9.59 Å². The molecule has 2 aromatic heterocycles. The van der Waals surface area contributed by atoms with E-state index in [-0.39, 0.29) is 17.7 Å². The van der Waals surface area contributed by atoms with Gasteiger partial charge in [0.2, 0.25) is 5.91 Å². The molecule has 0 saturated heterocycles. The molecule has 0 aliphatic heterocycles. The smallest absolute Gasteiger partial charge is 0.270 e. The van der Waals surface area contributed by atoms with Crippen LogP contribution >= 0.6 is 0 Å². The molecule has 1 unspecified atom stereocenters. The van der Waals surface area contributed by atoms with Crippen molar-refractivity contribution in [2.24, 2.45) is 17.8 Å². The first-order chi connectivity index (χ1) is 18.0. The minimum Gasteiger partial charge on any atom is -0.339 e. The van der Waals surface area contributed by atoms with Crippen LogP contribution in [-0.2, 0) is 24.2 Å². The van der Waals surface area contributed by atoms with Gasteiger partial charge in [0.15, 0.2) is 0 Å². The van der Waals surface area contributed by atoms with Gasteiger partial charge in [0, 0.05) is 29.7 Å². The second kappa shape index (κ2) is 10.9. The fourth-order valence-corrected chi connectivity index (χ4v) is 5.57. The summed E-state index contributed by atoms with van der Waals surface area (Å²) in [7, 11) is 0. The fraction of sp³-hybridized carbons (Fsp3) is 0.517. The van der Waals surface area contributed by atoms with Crippen LogP contribution in [0.5, 0.6) is 0 Å². The second-order valence-corrected chi connectivity index (χ2v) is 10.4. The van der Waals surface area contributed by atoms with Gasteiger partial charge in [-0.05, 0) is 86.5 Å². The number of hydrogen-bond donors (Lipinski definition) is 3. The third-order valence-electron chi connectivity index (χ3n) is 7.72. The number of benzene rings is 1. The Hall–Kier alpha value is -3.42. The van der Waals surface area contributed by atoms with E-state index in [1.54, 1.807) is 16.9 Å². The van der Waals surface area contributed by atoms with E-state index >= 15 is 0 Å². The van der Waals surface area contributed by atoms with Crippen LogP contribution in [0.4, 0.5) is 5.69 Å². The first-order valence-corrected chi connectivity index (χ1v) is 13.8. The predicted octanol–water partition coefficient (Wildman–Crippen LogP) is 4.98. The van der Waals surface area contributed by atoms with E-state index in [0.717, 1.165) is 73.1 Å². The molecule has 2 fully saturated rings. The maximum absolute atomic E-state index is 13.7. The maximum atomic E-state index is 13.7. The minimum atomic E-state index is -0.565. The van der Waals surface area contributed by atoms with Crippen molar-refractivity contribution in [1.82, 2.24) is 25.3 Å². The van der Waals surface area contributed by atoms with E-state index < -0.39 is 6.04 Å². The summed E-state index contributed by atoms with van der Waals surface area (Å²) in [5, 5.41) is 18.1. The van der Waals surface area contributed by atoms with E-state index in [0.29, 0.717) is 24.1 Å². The van der Waals surface area contributed by atoms with Gasteiger partial charge in [-0.15, -0.1) is 0 Å². The largest absolute Gasteiger partial charge is 0.339 e. The quantitative estimate of drug-likeness (QED) is 0.325. The molecule has 1 aromatic carbocycles. The molecule has 0 bridgehead atoms. The van der Waals surface area contributed by atoms with Crippen LogP contribution in [0, 0.1) is 17.8 Å². The lowest BCUT2D eigenvalue weighted by molar-refractivity contribution is -0.119. The highest BCUT2D eigenvalue weighted by molar-refractivity contribution is 6.01. The third-order valence-corrected chi connectivity index (χ3v) is 7.72. The zero-order valence-corrected chi connectivity index (χ0v) is 22.1. The normalized spacial score (nSPS) is 16.1. The number of anilines is 1. The van der Waals surface area contributed by atoms with Crippen molar-refractivity contribution in [2.75, 3.05) is 5.32 Å². The predicted molar refractivity (Wildman–Crippen MR) is 144 cm³/mol. The number of nitrogens with zero attached hydrogens (tertiary/aromatic N) is 3. The van der Waals surface area contributed by atoms with Crippen LogP contribution in [0.3, 0.4) is 0 Å². The monoisotopic (exact) mass is 502 g/mol. The number of aromatic nitrogens is 4. The van der Waals surface area contributed by atoms with E-state index in [1.807, 2.05) is 24.3 Å². The van der Waals surface area contributed by atoms with Crippen molar-refractivity contribution in [3.8, 4) is 11.1 Å². The number of H-pyrrole nitrogens is 1. The van der Waals surface area contributed by atoms with Crippen LogP contribution in [0.2, 0.25) is 0 Å². The van der Waals surface area contributed by atoms with Crippen molar-refractivity contribution < 1.29 is 9.59 Å². The van der Waals surface area contributed by atoms with Crippen molar-refractivity contribution >= 4 is 17.5 Å². The lowest BCUT2D eigenvalue weighted by Crippen LogP contribution is -2.50. The van der Waals surface area contributed by atoms with Gasteiger partial charge < -0.3 is 10.6 Å². The summed E-state index contributed by atoms with van der Waals surface area (Å²) in [6, 6.07) is 9.12. The second-order valence-electron chi connectivity index (χ2n) is 10.4. The molecule has 0 radical (unpaired) electrons. The average Bonchev–Trinajstić information content (AvgIpc) is 3.84. The number of nitrogens with one attached hydrogen (secondary N) is 3. The Balaban J connectivity index is 1.35. The van der Waals surface area contributed by atoms with Gasteiger partial charge in [-0.3, -0.25) is 19.4 Å². The van der Waals surface area contributed by atoms with Crippen LogP contribution in [-0.4, -0.2) is 37.8 Å². The Morgan fingerprint density at radius 2 is 1.73 bits per heavy atom. The molecule has 2 aliphatic carbocycles. The first kappa shape index (κ1) is 25.2. The van der Waals surface area contributed by atoms with Crippen molar-refractivity contribution in [3.63, 3.8) is 0 Å². The lowest BCUT2D eigenvalue weighted by atomic mass is 9.88. The fourth-order valence-electron chi connectivity index (χ4n) is 5.57. The molecule has 2 amide bonds. The molecule has 2 aliphatic rings. The van der Waals surface area contributed by atoms with Crippen molar-refractivity contribution in [2.45, 2.75) is 78.3 Å². The molecule has 5 rings (SSSR count). The molecule has 3 N–H and O–H groups in total. The van der Waals surface area contributed by atoms with E-state index in [2.05, 4.69) is 46.7 Å². The number of carbonyl (C=O) groups excluding carboxylic acids is 2. The van der Waals surface area contributed by atoms with Gasteiger partial charge in [-0.2, -0.15) is 10.2 Å². The molecule has 196 valence electrons. The van der Waals surface area contributed by atoms with Gasteiger partial charge in [0.05, 0.1) is 5.69 Å². The highest BCUT2D eigenvalue weighted by Crippen LogP contribution is 2.51. The number of carbonyl (C=O) groups is 2. The Labute approximate surface area is 218 Å². The summed E-state index contributed by atoms with van der Waals surface area (Å²) in [6.07, 6.45) is 8.79.